The first-order valence-electron chi connectivity index (χ1n) is 6.93. The lowest BCUT2D eigenvalue weighted by atomic mass is 10.1. The highest BCUT2D eigenvalue weighted by molar-refractivity contribution is 5.69. The molecule has 0 aliphatic rings. The predicted molar refractivity (Wildman–Crippen MR) is 79.0 cm³/mol. The number of carbonyl (C=O) groups is 1. The average molecular weight is 313 g/mol. The Hall–Kier alpha value is -1.55. The summed E-state index contributed by atoms with van der Waals surface area (Å²) in [5, 5.41) is 0. The molecule has 118 valence electrons. The van der Waals surface area contributed by atoms with Crippen molar-refractivity contribution in [3.8, 4) is 0 Å². The highest BCUT2D eigenvalue weighted by atomic mass is 35.5. The van der Waals surface area contributed by atoms with E-state index in [-0.39, 0.29) is 24.9 Å². The summed E-state index contributed by atoms with van der Waals surface area (Å²) in [7, 11) is 1.92. The highest BCUT2D eigenvalue weighted by Gasteiger charge is 2.08. The molecule has 0 N–H and O–H groups in total. The SMILES string of the molecule is CC(C)=CCCC(C)=CCOC(=O)Cn1cc[n+](C)c1.[Cl-]. The zero-order valence-corrected chi connectivity index (χ0v) is 14.1. The highest BCUT2D eigenvalue weighted by Crippen LogP contribution is 2.06. The van der Waals surface area contributed by atoms with Crippen molar-refractivity contribution in [3.63, 3.8) is 0 Å². The van der Waals surface area contributed by atoms with E-state index in [0.717, 1.165) is 12.8 Å². The maximum atomic E-state index is 11.6. The van der Waals surface area contributed by atoms with Crippen LogP contribution in [0.4, 0.5) is 0 Å². The number of allylic oxidation sites excluding steroid dienone is 3. The van der Waals surface area contributed by atoms with E-state index in [4.69, 9.17) is 4.74 Å². The van der Waals surface area contributed by atoms with Crippen LogP contribution in [0.5, 0.6) is 0 Å². The van der Waals surface area contributed by atoms with Crippen LogP contribution < -0.4 is 17.0 Å². The molecule has 0 radical (unpaired) electrons. The van der Waals surface area contributed by atoms with Crippen molar-refractivity contribution in [2.45, 2.75) is 40.2 Å². The molecule has 0 bridgehead atoms. The maximum Gasteiger partial charge on any atom is 0.348 e. The fourth-order valence-corrected chi connectivity index (χ4v) is 1.76. The molecule has 0 saturated carbocycles. The standard InChI is InChI=1S/C16H25N2O2.ClH/c1-14(2)6-5-7-15(3)8-11-20-16(19)12-18-10-9-17(4)13-18;/h6,8-10,13H,5,7,11-12H2,1-4H3;1H/q+1;/p-1. The van der Waals surface area contributed by atoms with Crippen LogP contribution in [0.3, 0.4) is 0 Å². The van der Waals surface area contributed by atoms with Crippen molar-refractivity contribution in [3.05, 3.63) is 42.0 Å². The topological polar surface area (TPSA) is 35.1 Å². The van der Waals surface area contributed by atoms with Crippen LogP contribution in [0.2, 0.25) is 0 Å². The van der Waals surface area contributed by atoms with E-state index in [0.29, 0.717) is 6.61 Å². The minimum absolute atomic E-state index is 0. The van der Waals surface area contributed by atoms with E-state index in [9.17, 15) is 4.79 Å². The van der Waals surface area contributed by atoms with E-state index in [1.165, 1.54) is 11.1 Å². The molecule has 0 amide bonds. The van der Waals surface area contributed by atoms with Gasteiger partial charge in [0, 0.05) is 0 Å². The number of ether oxygens (including phenoxy) is 1. The number of aryl methyl sites for hydroxylation is 1. The van der Waals surface area contributed by atoms with E-state index in [2.05, 4.69) is 26.8 Å². The Kier molecular flexibility index (Phi) is 9.46. The van der Waals surface area contributed by atoms with Crippen molar-refractivity contribution < 1.29 is 26.5 Å². The lowest BCUT2D eigenvalue weighted by Crippen LogP contribution is -3.00. The molecule has 0 aliphatic heterocycles. The van der Waals surface area contributed by atoms with Crippen LogP contribution in [0.1, 0.15) is 33.6 Å². The Morgan fingerprint density at radius 3 is 2.57 bits per heavy atom. The second-order valence-corrected chi connectivity index (χ2v) is 5.31. The number of hydrogen-bond donors (Lipinski definition) is 0. The van der Waals surface area contributed by atoms with Crippen molar-refractivity contribution in [1.82, 2.24) is 4.57 Å². The molecule has 0 spiro atoms. The summed E-state index contributed by atoms with van der Waals surface area (Å²) < 4.78 is 8.88. The summed E-state index contributed by atoms with van der Waals surface area (Å²) in [6.45, 7) is 6.88. The van der Waals surface area contributed by atoms with Crippen molar-refractivity contribution >= 4 is 5.97 Å². The van der Waals surface area contributed by atoms with Crippen LogP contribution in [0.25, 0.3) is 0 Å². The quantitative estimate of drug-likeness (QED) is 0.388. The lowest BCUT2D eigenvalue weighted by molar-refractivity contribution is -0.671. The number of nitrogens with zero attached hydrogens (tertiary/aromatic N) is 2. The monoisotopic (exact) mass is 312 g/mol. The molecule has 0 aromatic carbocycles. The zero-order chi connectivity index (χ0) is 15.0. The van der Waals surface area contributed by atoms with Gasteiger partial charge < -0.3 is 17.1 Å². The van der Waals surface area contributed by atoms with E-state index < -0.39 is 0 Å². The number of imidazole rings is 1. The first kappa shape index (κ1) is 19.4. The molecule has 1 heterocycles. The minimum Gasteiger partial charge on any atom is -1.00 e. The van der Waals surface area contributed by atoms with Gasteiger partial charge in [-0.1, -0.05) is 17.2 Å². The summed E-state index contributed by atoms with van der Waals surface area (Å²) in [5.41, 5.74) is 2.59. The minimum atomic E-state index is -0.213. The van der Waals surface area contributed by atoms with Crippen LogP contribution in [-0.2, 0) is 23.1 Å². The van der Waals surface area contributed by atoms with Gasteiger partial charge in [-0.3, -0.25) is 0 Å². The third kappa shape index (κ3) is 9.08. The van der Waals surface area contributed by atoms with Crippen LogP contribution in [0.15, 0.2) is 42.0 Å². The van der Waals surface area contributed by atoms with Crippen molar-refractivity contribution in [2.75, 3.05) is 6.61 Å². The van der Waals surface area contributed by atoms with Gasteiger partial charge in [-0.25, -0.2) is 13.9 Å². The van der Waals surface area contributed by atoms with Crippen LogP contribution in [0, 0.1) is 0 Å². The van der Waals surface area contributed by atoms with Gasteiger partial charge in [0.05, 0.1) is 7.05 Å². The summed E-state index contributed by atoms with van der Waals surface area (Å²) in [6, 6.07) is 0. The summed E-state index contributed by atoms with van der Waals surface area (Å²) in [4.78, 5) is 11.6. The van der Waals surface area contributed by atoms with Gasteiger partial charge in [-0.2, -0.15) is 0 Å². The van der Waals surface area contributed by atoms with Gasteiger partial charge in [0.2, 0.25) is 6.33 Å². The Labute approximate surface area is 133 Å². The maximum absolute atomic E-state index is 11.6. The molecule has 1 rings (SSSR count). The first-order chi connectivity index (χ1) is 9.47. The predicted octanol–water partition coefficient (Wildman–Crippen LogP) is -0.447. The third-order valence-corrected chi connectivity index (χ3v) is 2.90. The lowest BCUT2D eigenvalue weighted by Gasteiger charge is -2.02. The van der Waals surface area contributed by atoms with Crippen LogP contribution >= 0.6 is 0 Å². The Bertz CT molecular complexity index is 500. The molecule has 0 saturated heterocycles. The smallest absolute Gasteiger partial charge is 0.348 e. The fourth-order valence-electron chi connectivity index (χ4n) is 1.76. The number of esters is 1. The molecule has 0 aliphatic carbocycles. The van der Waals surface area contributed by atoms with Crippen LogP contribution in [-0.4, -0.2) is 17.1 Å². The number of aromatic nitrogens is 2. The van der Waals surface area contributed by atoms with Gasteiger partial charge in [-0.05, 0) is 39.7 Å². The first-order valence-corrected chi connectivity index (χ1v) is 6.93. The molecular formula is C16H25ClN2O2. The molecule has 5 heteroatoms. The normalized spacial score (nSPS) is 10.8. The van der Waals surface area contributed by atoms with Crippen molar-refractivity contribution in [1.29, 1.82) is 0 Å². The molecule has 1 aromatic rings. The summed E-state index contributed by atoms with van der Waals surface area (Å²) in [5.74, 6) is -0.213. The Balaban J connectivity index is 0.00000400. The molecule has 1 aromatic heterocycles. The van der Waals surface area contributed by atoms with Gasteiger partial charge in [0.1, 0.15) is 19.0 Å². The van der Waals surface area contributed by atoms with Gasteiger partial charge in [0.15, 0.2) is 6.54 Å². The van der Waals surface area contributed by atoms with E-state index in [1.54, 1.807) is 4.57 Å². The van der Waals surface area contributed by atoms with Gasteiger partial charge >= 0.3 is 5.97 Å². The third-order valence-electron chi connectivity index (χ3n) is 2.90. The number of halogens is 1. The fraction of sp³-hybridized carbons (Fsp3) is 0.500. The second kappa shape index (κ2) is 10.2. The molecule has 21 heavy (non-hydrogen) atoms. The summed E-state index contributed by atoms with van der Waals surface area (Å²) in [6.07, 6.45) is 11.8. The Morgan fingerprint density at radius 1 is 1.29 bits per heavy atom. The van der Waals surface area contributed by atoms with E-state index in [1.807, 2.05) is 36.4 Å². The Morgan fingerprint density at radius 2 is 2.00 bits per heavy atom. The van der Waals surface area contributed by atoms with Gasteiger partial charge in [0.25, 0.3) is 0 Å². The molecular weight excluding hydrogens is 288 g/mol. The number of carbonyl (C=O) groups excluding carboxylic acids is 1. The number of rotatable bonds is 7. The second-order valence-electron chi connectivity index (χ2n) is 5.31. The molecule has 4 nitrogen and oxygen atoms in total. The molecule has 0 atom stereocenters. The molecule has 0 unspecified atom stereocenters. The number of hydrogen-bond acceptors (Lipinski definition) is 2. The largest absolute Gasteiger partial charge is 1.00 e. The van der Waals surface area contributed by atoms with Crippen molar-refractivity contribution in [2.24, 2.45) is 7.05 Å². The van der Waals surface area contributed by atoms with E-state index >= 15 is 0 Å². The molecule has 0 fully saturated rings. The van der Waals surface area contributed by atoms with Gasteiger partial charge in [-0.15, -0.1) is 0 Å². The zero-order valence-electron chi connectivity index (χ0n) is 13.3. The summed E-state index contributed by atoms with van der Waals surface area (Å²) >= 11 is 0. The average Bonchev–Trinajstić information content (AvgIpc) is 2.74.